The molecule has 0 spiro atoms. The predicted octanol–water partition coefficient (Wildman–Crippen LogP) is 1.24. The third kappa shape index (κ3) is 2.60. The lowest BCUT2D eigenvalue weighted by Crippen LogP contribution is -2.11. The smallest absolute Gasteiger partial charge is 0.157 e. The number of hydrogen-bond donors (Lipinski definition) is 1. The van der Waals surface area contributed by atoms with Gasteiger partial charge in [-0.05, 0) is 13.0 Å². The van der Waals surface area contributed by atoms with E-state index in [9.17, 15) is 8.42 Å². The Labute approximate surface area is 81.9 Å². The minimum absolute atomic E-state index is 0.384. The molecule has 1 atom stereocenters. The first-order chi connectivity index (χ1) is 5.91. The molecule has 1 aromatic heterocycles. The molecule has 0 aliphatic carbocycles. The summed E-state index contributed by atoms with van der Waals surface area (Å²) in [6.45, 7) is 1.57. The van der Waals surface area contributed by atoms with Crippen molar-refractivity contribution in [2.45, 2.75) is 12.2 Å². The Kier molecular flexibility index (Phi) is 2.82. The van der Waals surface area contributed by atoms with Crippen LogP contribution in [0.4, 0.5) is 0 Å². The van der Waals surface area contributed by atoms with E-state index >= 15 is 0 Å². The second kappa shape index (κ2) is 3.55. The molecule has 0 radical (unpaired) electrons. The Morgan fingerprint density at radius 2 is 2.23 bits per heavy atom. The first-order valence-electron chi connectivity index (χ1n) is 3.65. The zero-order valence-electron chi connectivity index (χ0n) is 7.31. The van der Waals surface area contributed by atoms with Gasteiger partial charge in [-0.2, -0.15) is 0 Å². The second-order valence-electron chi connectivity index (χ2n) is 2.79. The first-order valence-corrected chi connectivity index (χ1v) is 6.01. The van der Waals surface area contributed by atoms with Gasteiger partial charge in [-0.15, -0.1) is 0 Å². The molecule has 0 amide bonds. The topological polar surface area (TPSA) is 62.8 Å². The molecular formula is C7H10N2O2S2. The SMILES string of the molecule is CC(c1nccc(=S)[nH]1)S(C)(=O)=O. The highest BCUT2D eigenvalue weighted by molar-refractivity contribution is 7.90. The maximum Gasteiger partial charge on any atom is 0.157 e. The van der Waals surface area contributed by atoms with Crippen molar-refractivity contribution >= 4 is 22.1 Å². The van der Waals surface area contributed by atoms with Gasteiger partial charge in [0.1, 0.15) is 15.7 Å². The maximum atomic E-state index is 11.1. The molecule has 0 aliphatic heterocycles. The molecule has 0 aromatic carbocycles. The number of rotatable bonds is 2. The highest BCUT2D eigenvalue weighted by Crippen LogP contribution is 2.15. The number of hydrogen-bond acceptors (Lipinski definition) is 4. The lowest BCUT2D eigenvalue weighted by molar-refractivity contribution is 0.589. The molecule has 72 valence electrons. The van der Waals surface area contributed by atoms with Gasteiger partial charge in [-0.25, -0.2) is 13.4 Å². The fourth-order valence-electron chi connectivity index (χ4n) is 0.795. The van der Waals surface area contributed by atoms with E-state index in [1.165, 1.54) is 12.5 Å². The van der Waals surface area contributed by atoms with Crippen LogP contribution in [0.25, 0.3) is 0 Å². The van der Waals surface area contributed by atoms with Gasteiger partial charge in [-0.3, -0.25) is 0 Å². The van der Waals surface area contributed by atoms with E-state index in [4.69, 9.17) is 12.2 Å². The average Bonchev–Trinajstić information content (AvgIpc) is 2.01. The molecule has 6 heteroatoms. The third-order valence-corrected chi connectivity index (χ3v) is 3.46. The van der Waals surface area contributed by atoms with Crippen LogP contribution >= 0.6 is 12.2 Å². The van der Waals surface area contributed by atoms with Crippen LogP contribution < -0.4 is 0 Å². The first kappa shape index (κ1) is 10.3. The maximum absolute atomic E-state index is 11.1. The molecule has 0 aliphatic rings. The summed E-state index contributed by atoms with van der Waals surface area (Å²) in [6.07, 6.45) is 2.67. The van der Waals surface area contributed by atoms with Crippen molar-refractivity contribution in [3.63, 3.8) is 0 Å². The molecule has 1 aromatic rings. The minimum atomic E-state index is -3.11. The standard InChI is InChI=1S/C7H10N2O2S2/c1-5(13(2,10)11)7-8-4-3-6(12)9-7/h3-5H,1-2H3,(H,8,9,12). The van der Waals surface area contributed by atoms with Crippen molar-refractivity contribution in [2.75, 3.05) is 6.26 Å². The zero-order chi connectivity index (χ0) is 10.1. The highest BCUT2D eigenvalue weighted by atomic mass is 32.2. The number of aromatic nitrogens is 2. The minimum Gasteiger partial charge on any atom is -0.334 e. The number of H-pyrrole nitrogens is 1. The second-order valence-corrected chi connectivity index (χ2v) is 5.60. The summed E-state index contributed by atoms with van der Waals surface area (Å²) in [5, 5.41) is -0.643. The molecule has 1 unspecified atom stereocenters. The van der Waals surface area contributed by atoms with Gasteiger partial charge in [-0.1, -0.05) is 12.2 Å². The Morgan fingerprint density at radius 3 is 2.69 bits per heavy atom. The van der Waals surface area contributed by atoms with E-state index in [1.807, 2.05) is 0 Å². The summed E-state index contributed by atoms with van der Waals surface area (Å²) in [6, 6.07) is 1.60. The van der Waals surface area contributed by atoms with Crippen molar-refractivity contribution in [1.82, 2.24) is 9.97 Å². The number of nitrogens with one attached hydrogen (secondary N) is 1. The molecule has 4 nitrogen and oxygen atoms in total. The van der Waals surface area contributed by atoms with Gasteiger partial charge in [0, 0.05) is 12.5 Å². The van der Waals surface area contributed by atoms with Crippen LogP contribution in [0.3, 0.4) is 0 Å². The third-order valence-electron chi connectivity index (χ3n) is 1.72. The normalized spacial score (nSPS) is 14.0. The molecule has 0 saturated heterocycles. The Morgan fingerprint density at radius 1 is 1.62 bits per heavy atom. The van der Waals surface area contributed by atoms with Crippen LogP contribution in [0.1, 0.15) is 18.0 Å². The lowest BCUT2D eigenvalue weighted by Gasteiger charge is -2.07. The van der Waals surface area contributed by atoms with E-state index in [1.54, 1.807) is 13.0 Å². The van der Waals surface area contributed by atoms with Crippen LogP contribution in [-0.2, 0) is 9.84 Å². The number of nitrogens with zero attached hydrogens (tertiary/aromatic N) is 1. The molecule has 0 fully saturated rings. The van der Waals surface area contributed by atoms with E-state index in [2.05, 4.69) is 9.97 Å². The largest absolute Gasteiger partial charge is 0.334 e. The fraction of sp³-hybridized carbons (Fsp3) is 0.429. The average molecular weight is 218 g/mol. The fourth-order valence-corrected chi connectivity index (χ4v) is 1.49. The number of aromatic amines is 1. The molecule has 0 saturated carbocycles. The molecular weight excluding hydrogens is 208 g/mol. The van der Waals surface area contributed by atoms with Gasteiger partial charge in [0.2, 0.25) is 0 Å². The van der Waals surface area contributed by atoms with Crippen molar-refractivity contribution < 1.29 is 8.42 Å². The van der Waals surface area contributed by atoms with Gasteiger partial charge < -0.3 is 4.98 Å². The van der Waals surface area contributed by atoms with Gasteiger partial charge in [0.25, 0.3) is 0 Å². The summed E-state index contributed by atoms with van der Waals surface area (Å²) in [7, 11) is -3.11. The van der Waals surface area contributed by atoms with E-state index in [0.717, 1.165) is 0 Å². The molecule has 0 bridgehead atoms. The van der Waals surface area contributed by atoms with Crippen molar-refractivity contribution in [3.8, 4) is 0 Å². The van der Waals surface area contributed by atoms with E-state index in [-0.39, 0.29) is 0 Å². The van der Waals surface area contributed by atoms with Gasteiger partial charge in [0.15, 0.2) is 9.84 Å². The molecule has 1 N–H and O–H groups in total. The zero-order valence-corrected chi connectivity index (χ0v) is 8.95. The Bertz CT molecular complexity index is 450. The Balaban J connectivity index is 3.17. The van der Waals surface area contributed by atoms with E-state index < -0.39 is 15.1 Å². The van der Waals surface area contributed by atoms with Crippen LogP contribution in [0, 0.1) is 4.64 Å². The molecule has 1 rings (SSSR count). The van der Waals surface area contributed by atoms with Crippen molar-refractivity contribution in [1.29, 1.82) is 0 Å². The molecule has 13 heavy (non-hydrogen) atoms. The highest BCUT2D eigenvalue weighted by Gasteiger charge is 2.18. The predicted molar refractivity (Wildman–Crippen MR) is 52.7 cm³/mol. The van der Waals surface area contributed by atoms with Crippen LogP contribution in [0.15, 0.2) is 12.3 Å². The quantitative estimate of drug-likeness (QED) is 0.759. The summed E-state index contributed by atoms with van der Waals surface area (Å²) in [5.74, 6) is 0.384. The van der Waals surface area contributed by atoms with Crippen molar-refractivity contribution in [2.24, 2.45) is 0 Å². The summed E-state index contributed by atoms with van der Waals surface area (Å²) < 4.78 is 22.8. The van der Waals surface area contributed by atoms with Gasteiger partial charge >= 0.3 is 0 Å². The van der Waals surface area contributed by atoms with Crippen LogP contribution in [-0.4, -0.2) is 24.6 Å². The number of sulfone groups is 1. The summed E-state index contributed by atoms with van der Waals surface area (Å²) in [4.78, 5) is 6.64. The summed E-state index contributed by atoms with van der Waals surface area (Å²) >= 11 is 4.85. The Hall–Kier alpha value is -0.750. The molecule has 1 heterocycles. The van der Waals surface area contributed by atoms with Crippen molar-refractivity contribution in [3.05, 3.63) is 22.7 Å². The van der Waals surface area contributed by atoms with Gasteiger partial charge in [0.05, 0.1) is 0 Å². The van der Waals surface area contributed by atoms with E-state index in [0.29, 0.717) is 10.5 Å². The van der Waals surface area contributed by atoms with Crippen LogP contribution in [0.5, 0.6) is 0 Å². The monoisotopic (exact) mass is 218 g/mol. The lowest BCUT2D eigenvalue weighted by atomic mass is 10.4. The summed E-state index contributed by atoms with van der Waals surface area (Å²) in [5.41, 5.74) is 0. The van der Waals surface area contributed by atoms with Crippen LogP contribution in [0.2, 0.25) is 0 Å².